The largest absolute Gasteiger partial charge is 0.462 e. The van der Waals surface area contributed by atoms with Gasteiger partial charge in [-0.15, -0.1) is 11.3 Å². The van der Waals surface area contributed by atoms with Gasteiger partial charge in [0.1, 0.15) is 5.00 Å². The van der Waals surface area contributed by atoms with Crippen molar-refractivity contribution in [2.45, 2.75) is 31.6 Å². The maximum absolute atomic E-state index is 12.3. The van der Waals surface area contributed by atoms with Gasteiger partial charge in [0.05, 0.1) is 22.8 Å². The fourth-order valence-electron chi connectivity index (χ4n) is 2.25. The van der Waals surface area contributed by atoms with Crippen molar-refractivity contribution in [3.63, 3.8) is 0 Å². The zero-order valence-electron chi connectivity index (χ0n) is 14.7. The van der Waals surface area contributed by atoms with Crippen LogP contribution in [0, 0.1) is 6.92 Å². The summed E-state index contributed by atoms with van der Waals surface area (Å²) in [6.45, 7) is 3.84. The summed E-state index contributed by atoms with van der Waals surface area (Å²) in [5.41, 5.74) is 1.29. The number of carbonyl (C=O) groups is 2. The quantitative estimate of drug-likeness (QED) is 0.692. The molecule has 0 fully saturated rings. The molecule has 26 heavy (non-hydrogen) atoms. The molecule has 0 atom stereocenters. The smallest absolute Gasteiger partial charge is 0.341 e. The van der Waals surface area contributed by atoms with Crippen LogP contribution >= 0.6 is 11.3 Å². The van der Waals surface area contributed by atoms with Crippen molar-refractivity contribution in [2.75, 3.05) is 17.7 Å². The van der Waals surface area contributed by atoms with Crippen molar-refractivity contribution >= 4 is 38.1 Å². The van der Waals surface area contributed by atoms with Gasteiger partial charge < -0.3 is 10.1 Å². The topological polar surface area (TPSA) is 89.5 Å². The third-order valence-electron chi connectivity index (χ3n) is 3.61. The second kappa shape index (κ2) is 8.95. The number of carbonyl (C=O) groups excluding carboxylic acids is 2. The van der Waals surface area contributed by atoms with Gasteiger partial charge in [0.25, 0.3) is 0 Å². The molecule has 1 amide bonds. The summed E-state index contributed by atoms with van der Waals surface area (Å²) in [5, 5.41) is 4.74. The van der Waals surface area contributed by atoms with Crippen molar-refractivity contribution in [3.05, 3.63) is 46.8 Å². The van der Waals surface area contributed by atoms with Crippen molar-refractivity contribution in [2.24, 2.45) is 0 Å². The lowest BCUT2D eigenvalue weighted by atomic mass is 10.2. The van der Waals surface area contributed by atoms with E-state index in [1.165, 1.54) is 11.3 Å². The SMILES string of the molecule is CCOC(=O)c1ccsc1NC(=O)CCCS(=O)(=O)c1ccc(C)cc1. The monoisotopic (exact) mass is 395 g/mol. The van der Waals surface area contributed by atoms with Gasteiger partial charge in [-0.25, -0.2) is 13.2 Å². The van der Waals surface area contributed by atoms with Crippen LogP contribution in [0.4, 0.5) is 5.00 Å². The minimum atomic E-state index is -3.42. The lowest BCUT2D eigenvalue weighted by Gasteiger charge is -2.07. The highest BCUT2D eigenvalue weighted by molar-refractivity contribution is 7.91. The molecule has 0 aliphatic carbocycles. The molecule has 140 valence electrons. The number of rotatable bonds is 8. The number of ether oxygens (including phenoxy) is 1. The molecule has 0 radical (unpaired) electrons. The lowest BCUT2D eigenvalue weighted by Crippen LogP contribution is -2.15. The first-order valence-electron chi connectivity index (χ1n) is 8.17. The second-order valence-electron chi connectivity index (χ2n) is 5.67. The van der Waals surface area contributed by atoms with E-state index in [4.69, 9.17) is 4.74 Å². The number of esters is 1. The fraction of sp³-hybridized carbons (Fsp3) is 0.333. The molecule has 1 N–H and O–H groups in total. The molecule has 1 aromatic heterocycles. The third kappa shape index (κ3) is 5.40. The number of benzene rings is 1. The maximum Gasteiger partial charge on any atom is 0.341 e. The highest BCUT2D eigenvalue weighted by Gasteiger charge is 2.18. The second-order valence-corrected chi connectivity index (χ2v) is 8.69. The van der Waals surface area contributed by atoms with Crippen LogP contribution in [0.2, 0.25) is 0 Å². The summed E-state index contributed by atoms with van der Waals surface area (Å²) in [4.78, 5) is 24.1. The first-order valence-corrected chi connectivity index (χ1v) is 10.7. The van der Waals surface area contributed by atoms with Gasteiger partial charge in [-0.2, -0.15) is 0 Å². The summed E-state index contributed by atoms with van der Waals surface area (Å²) < 4.78 is 29.5. The van der Waals surface area contributed by atoms with Gasteiger partial charge in [-0.3, -0.25) is 4.79 Å². The number of nitrogens with one attached hydrogen (secondary N) is 1. The van der Waals surface area contributed by atoms with Gasteiger partial charge in [0.2, 0.25) is 5.91 Å². The normalized spacial score (nSPS) is 11.2. The van der Waals surface area contributed by atoms with Crippen LogP contribution in [0.3, 0.4) is 0 Å². The number of thiophene rings is 1. The molecule has 0 unspecified atom stereocenters. The van der Waals surface area contributed by atoms with E-state index in [0.29, 0.717) is 10.6 Å². The predicted molar refractivity (Wildman–Crippen MR) is 101 cm³/mol. The number of anilines is 1. The number of sulfone groups is 1. The van der Waals surface area contributed by atoms with Gasteiger partial charge in [0.15, 0.2) is 9.84 Å². The summed E-state index contributed by atoms with van der Waals surface area (Å²) >= 11 is 1.22. The molecule has 2 rings (SSSR count). The summed E-state index contributed by atoms with van der Waals surface area (Å²) in [6, 6.07) is 8.21. The highest BCUT2D eigenvalue weighted by Crippen LogP contribution is 2.24. The molecule has 6 nitrogen and oxygen atoms in total. The number of hydrogen-bond acceptors (Lipinski definition) is 6. The maximum atomic E-state index is 12.3. The van der Waals surface area contributed by atoms with E-state index in [0.717, 1.165) is 5.56 Å². The van der Waals surface area contributed by atoms with E-state index in [9.17, 15) is 18.0 Å². The number of hydrogen-bond donors (Lipinski definition) is 1. The van der Waals surface area contributed by atoms with Crippen molar-refractivity contribution < 1.29 is 22.7 Å². The van der Waals surface area contributed by atoms with Crippen LogP contribution in [0.5, 0.6) is 0 Å². The molecule has 0 bridgehead atoms. The van der Waals surface area contributed by atoms with E-state index in [1.54, 1.807) is 42.6 Å². The minimum absolute atomic E-state index is 0.0469. The van der Waals surface area contributed by atoms with Crippen LogP contribution < -0.4 is 5.32 Å². The molecular weight excluding hydrogens is 374 g/mol. The summed E-state index contributed by atoms with van der Waals surface area (Å²) in [6.07, 6.45) is 0.243. The first kappa shape index (κ1) is 20.1. The van der Waals surface area contributed by atoms with Crippen LogP contribution in [0.15, 0.2) is 40.6 Å². The minimum Gasteiger partial charge on any atom is -0.462 e. The van der Waals surface area contributed by atoms with Gasteiger partial charge in [0, 0.05) is 6.42 Å². The van der Waals surface area contributed by atoms with E-state index in [2.05, 4.69) is 5.32 Å². The van der Waals surface area contributed by atoms with E-state index in [-0.39, 0.29) is 36.0 Å². The summed E-state index contributed by atoms with van der Waals surface area (Å²) in [5.74, 6) is -0.943. The Morgan fingerprint density at radius 3 is 2.50 bits per heavy atom. The Morgan fingerprint density at radius 2 is 1.85 bits per heavy atom. The van der Waals surface area contributed by atoms with Crippen LogP contribution in [0.1, 0.15) is 35.7 Å². The Hall–Kier alpha value is -2.19. The van der Waals surface area contributed by atoms with E-state index >= 15 is 0 Å². The molecule has 8 heteroatoms. The summed E-state index contributed by atoms with van der Waals surface area (Å²) in [7, 11) is -3.42. The first-order chi connectivity index (χ1) is 12.3. The Labute approximate surface area is 157 Å². The highest BCUT2D eigenvalue weighted by atomic mass is 32.2. The molecule has 0 saturated heterocycles. The van der Waals surface area contributed by atoms with Crippen LogP contribution in [-0.2, 0) is 19.4 Å². The molecule has 1 aromatic carbocycles. The van der Waals surface area contributed by atoms with E-state index in [1.807, 2.05) is 6.92 Å². The third-order valence-corrected chi connectivity index (χ3v) is 6.26. The fourth-order valence-corrected chi connectivity index (χ4v) is 4.35. The zero-order chi connectivity index (χ0) is 19.2. The van der Waals surface area contributed by atoms with Crippen molar-refractivity contribution in [1.29, 1.82) is 0 Å². The molecule has 0 aliphatic rings. The lowest BCUT2D eigenvalue weighted by molar-refractivity contribution is -0.116. The van der Waals surface area contributed by atoms with Gasteiger partial charge >= 0.3 is 5.97 Å². The molecule has 0 aliphatic heterocycles. The van der Waals surface area contributed by atoms with E-state index < -0.39 is 15.8 Å². The van der Waals surface area contributed by atoms with Gasteiger partial charge in [-0.05, 0) is 43.8 Å². The molecular formula is C18H21NO5S2. The molecule has 1 heterocycles. The standard InChI is InChI=1S/C18H21NO5S2/c1-3-24-18(21)15-10-11-25-17(15)19-16(20)5-4-12-26(22,23)14-8-6-13(2)7-9-14/h6-11H,3-5,12H2,1-2H3,(H,19,20). The van der Waals surface area contributed by atoms with Gasteiger partial charge in [-0.1, -0.05) is 17.7 Å². The average Bonchev–Trinajstić information content (AvgIpc) is 3.03. The Kier molecular flexibility index (Phi) is 6.93. The van der Waals surface area contributed by atoms with Crippen molar-refractivity contribution in [1.82, 2.24) is 0 Å². The zero-order valence-corrected chi connectivity index (χ0v) is 16.3. The Balaban J connectivity index is 1.89. The number of aryl methyl sites for hydroxylation is 1. The molecule has 2 aromatic rings. The molecule has 0 spiro atoms. The van der Waals surface area contributed by atoms with Crippen LogP contribution in [-0.4, -0.2) is 32.7 Å². The predicted octanol–water partition coefficient (Wildman–Crippen LogP) is 3.43. The number of amides is 1. The van der Waals surface area contributed by atoms with Crippen molar-refractivity contribution in [3.8, 4) is 0 Å². The Bertz CT molecular complexity index is 869. The average molecular weight is 396 g/mol. The Morgan fingerprint density at radius 1 is 1.15 bits per heavy atom. The van der Waals surface area contributed by atoms with Crippen LogP contribution in [0.25, 0.3) is 0 Å². The molecule has 0 saturated carbocycles.